The van der Waals surface area contributed by atoms with Crippen LogP contribution in [0.25, 0.3) is 0 Å². The van der Waals surface area contributed by atoms with Gasteiger partial charge in [-0.25, -0.2) is 0 Å². The summed E-state index contributed by atoms with van der Waals surface area (Å²) in [5, 5.41) is 3.23. The Balaban J connectivity index is 1.72. The minimum Gasteiger partial charge on any atom is -0.480 e. The van der Waals surface area contributed by atoms with Crippen LogP contribution in [0.4, 0.5) is 0 Å². The summed E-state index contributed by atoms with van der Waals surface area (Å²) in [6, 6.07) is 12.7. The Morgan fingerprint density at radius 3 is 2.50 bits per heavy atom. The van der Waals surface area contributed by atoms with Crippen LogP contribution in [0.15, 0.2) is 36.4 Å². The third-order valence-electron chi connectivity index (χ3n) is 5.99. The third-order valence-corrected chi connectivity index (χ3v) is 5.99. The molecule has 0 aliphatic heterocycles. The number of carbonyl (C=O) groups excluding carboxylic acids is 1. The molecule has 1 aliphatic carbocycles. The van der Waals surface area contributed by atoms with Gasteiger partial charge in [0.05, 0.1) is 6.04 Å². The first-order valence-corrected chi connectivity index (χ1v) is 10.7. The van der Waals surface area contributed by atoms with Gasteiger partial charge in [-0.2, -0.15) is 0 Å². The van der Waals surface area contributed by atoms with E-state index in [0.29, 0.717) is 6.42 Å². The average Bonchev–Trinajstić information content (AvgIpc) is 2.72. The van der Waals surface area contributed by atoms with E-state index in [1.165, 1.54) is 41.5 Å². The first-order chi connectivity index (χ1) is 13.5. The number of fused-ring (bicyclic) bond motifs is 1. The van der Waals surface area contributed by atoms with Gasteiger partial charge in [0, 0.05) is 0 Å². The van der Waals surface area contributed by atoms with Crippen LogP contribution in [-0.4, -0.2) is 12.0 Å². The van der Waals surface area contributed by atoms with Gasteiger partial charge in [0.25, 0.3) is 5.91 Å². The molecule has 150 valence electrons. The number of ether oxygens (including phenoxy) is 1. The zero-order valence-corrected chi connectivity index (χ0v) is 17.7. The maximum Gasteiger partial charge on any atom is 0.261 e. The molecule has 3 heteroatoms. The van der Waals surface area contributed by atoms with E-state index in [9.17, 15) is 4.79 Å². The van der Waals surface area contributed by atoms with Crippen molar-refractivity contribution in [1.29, 1.82) is 0 Å². The first kappa shape index (κ1) is 20.4. The third kappa shape index (κ3) is 4.57. The highest BCUT2D eigenvalue weighted by Gasteiger charge is 2.23. The fraction of sp³-hybridized carbons (Fsp3) is 0.480. The Bertz CT molecular complexity index is 827. The highest BCUT2D eigenvalue weighted by atomic mass is 16.5. The Morgan fingerprint density at radius 2 is 1.79 bits per heavy atom. The second-order valence-corrected chi connectivity index (χ2v) is 7.92. The molecule has 0 heterocycles. The minimum atomic E-state index is -0.479. The predicted molar refractivity (Wildman–Crippen MR) is 115 cm³/mol. The van der Waals surface area contributed by atoms with Gasteiger partial charge >= 0.3 is 0 Å². The number of benzene rings is 2. The van der Waals surface area contributed by atoms with Crippen LogP contribution in [0.2, 0.25) is 0 Å². The zero-order valence-electron chi connectivity index (χ0n) is 17.7. The SMILES string of the molecule is CC[C@H](NC(=O)[C@@H](CC)Oc1cccc(C)c1C)c1ccc2c(c1)CCCC2. The van der Waals surface area contributed by atoms with Crippen molar-refractivity contribution in [2.75, 3.05) is 0 Å². The van der Waals surface area contributed by atoms with E-state index in [0.717, 1.165) is 24.2 Å². The summed E-state index contributed by atoms with van der Waals surface area (Å²) in [4.78, 5) is 13.0. The molecule has 1 aliphatic rings. The smallest absolute Gasteiger partial charge is 0.261 e. The van der Waals surface area contributed by atoms with Crippen molar-refractivity contribution >= 4 is 5.91 Å². The molecular weight excluding hydrogens is 346 g/mol. The number of aryl methyl sites for hydroxylation is 3. The van der Waals surface area contributed by atoms with Crippen molar-refractivity contribution in [1.82, 2.24) is 5.32 Å². The van der Waals surface area contributed by atoms with Gasteiger partial charge in [-0.05, 0) is 86.3 Å². The predicted octanol–water partition coefficient (Wildman–Crippen LogP) is 5.61. The minimum absolute atomic E-state index is 0.0241. The van der Waals surface area contributed by atoms with E-state index >= 15 is 0 Å². The average molecular weight is 380 g/mol. The van der Waals surface area contributed by atoms with Gasteiger partial charge in [0.2, 0.25) is 0 Å². The Labute approximate surface area is 169 Å². The number of amides is 1. The van der Waals surface area contributed by atoms with Crippen LogP contribution < -0.4 is 10.1 Å². The molecule has 0 bridgehead atoms. The van der Waals surface area contributed by atoms with E-state index < -0.39 is 6.10 Å². The summed E-state index contributed by atoms with van der Waals surface area (Å²) < 4.78 is 6.10. The highest BCUT2D eigenvalue weighted by molar-refractivity contribution is 5.81. The molecule has 0 fully saturated rings. The number of hydrogen-bond donors (Lipinski definition) is 1. The van der Waals surface area contributed by atoms with Gasteiger partial charge in [-0.1, -0.05) is 44.2 Å². The zero-order chi connectivity index (χ0) is 20.1. The van der Waals surface area contributed by atoms with Crippen molar-refractivity contribution in [2.24, 2.45) is 0 Å². The van der Waals surface area contributed by atoms with Crippen LogP contribution in [0, 0.1) is 13.8 Å². The van der Waals surface area contributed by atoms with Gasteiger partial charge in [-0.15, -0.1) is 0 Å². The molecule has 0 unspecified atom stereocenters. The maximum atomic E-state index is 13.0. The number of hydrogen-bond acceptors (Lipinski definition) is 2. The Morgan fingerprint density at radius 1 is 1.04 bits per heavy atom. The number of nitrogens with one attached hydrogen (secondary N) is 1. The summed E-state index contributed by atoms with van der Waals surface area (Å²) in [5.74, 6) is 0.761. The second kappa shape index (κ2) is 9.27. The lowest BCUT2D eigenvalue weighted by Crippen LogP contribution is -2.40. The van der Waals surface area contributed by atoms with Gasteiger partial charge in [0.1, 0.15) is 5.75 Å². The fourth-order valence-electron chi connectivity index (χ4n) is 3.98. The molecule has 2 atom stereocenters. The largest absolute Gasteiger partial charge is 0.480 e. The summed E-state index contributed by atoms with van der Waals surface area (Å²) in [6.07, 6.45) is 5.91. The second-order valence-electron chi connectivity index (χ2n) is 7.92. The number of rotatable bonds is 7. The molecule has 2 aromatic carbocycles. The lowest BCUT2D eigenvalue weighted by Gasteiger charge is -2.25. The van der Waals surface area contributed by atoms with Gasteiger partial charge in [-0.3, -0.25) is 4.79 Å². The molecule has 3 rings (SSSR count). The standard InChI is InChI=1S/C25H33NO2/c1-5-22(21-15-14-19-11-7-8-12-20(19)16-21)26-25(27)23(6-2)28-24-13-9-10-17(3)18(24)4/h9-10,13-16,22-23H,5-8,11-12H2,1-4H3,(H,26,27)/t22-,23+/m0/s1. The molecule has 28 heavy (non-hydrogen) atoms. The number of carbonyl (C=O) groups is 1. The fourth-order valence-corrected chi connectivity index (χ4v) is 3.98. The van der Waals surface area contributed by atoms with Crippen LogP contribution in [0.3, 0.4) is 0 Å². The van der Waals surface area contributed by atoms with Crippen molar-refractivity contribution < 1.29 is 9.53 Å². The molecule has 3 nitrogen and oxygen atoms in total. The molecular formula is C25H33NO2. The van der Waals surface area contributed by atoms with Crippen LogP contribution >= 0.6 is 0 Å². The van der Waals surface area contributed by atoms with Crippen molar-refractivity contribution in [3.8, 4) is 5.75 Å². The normalized spacial score (nSPS) is 15.4. The van der Waals surface area contributed by atoms with E-state index in [4.69, 9.17) is 4.74 Å². The maximum absolute atomic E-state index is 13.0. The Kier molecular flexibility index (Phi) is 6.77. The quantitative estimate of drug-likeness (QED) is 0.679. The molecule has 0 aromatic heterocycles. The van der Waals surface area contributed by atoms with Crippen LogP contribution in [-0.2, 0) is 17.6 Å². The summed E-state index contributed by atoms with van der Waals surface area (Å²) >= 11 is 0. The van der Waals surface area contributed by atoms with Crippen LogP contribution in [0.1, 0.15) is 73.4 Å². The Hall–Kier alpha value is -2.29. The van der Waals surface area contributed by atoms with Crippen LogP contribution in [0.5, 0.6) is 5.75 Å². The monoisotopic (exact) mass is 379 g/mol. The van der Waals surface area contributed by atoms with E-state index in [1.54, 1.807) is 0 Å². The van der Waals surface area contributed by atoms with Crippen molar-refractivity contribution in [3.05, 3.63) is 64.2 Å². The molecule has 0 saturated carbocycles. The topological polar surface area (TPSA) is 38.3 Å². The van der Waals surface area contributed by atoms with Gasteiger partial charge in [0.15, 0.2) is 6.10 Å². The molecule has 1 amide bonds. The lowest BCUT2D eigenvalue weighted by atomic mass is 9.88. The van der Waals surface area contributed by atoms with Crippen molar-refractivity contribution in [2.45, 2.75) is 78.4 Å². The lowest BCUT2D eigenvalue weighted by molar-refractivity contribution is -0.129. The summed E-state index contributed by atoms with van der Waals surface area (Å²) in [6.45, 7) is 8.22. The highest BCUT2D eigenvalue weighted by Crippen LogP contribution is 2.27. The molecule has 0 radical (unpaired) electrons. The molecule has 1 N–H and O–H groups in total. The van der Waals surface area contributed by atoms with E-state index in [1.807, 2.05) is 26.0 Å². The van der Waals surface area contributed by atoms with Crippen molar-refractivity contribution in [3.63, 3.8) is 0 Å². The van der Waals surface area contributed by atoms with E-state index in [2.05, 4.69) is 43.4 Å². The van der Waals surface area contributed by atoms with E-state index in [-0.39, 0.29) is 11.9 Å². The first-order valence-electron chi connectivity index (χ1n) is 10.7. The summed E-state index contributed by atoms with van der Waals surface area (Å²) in [7, 11) is 0. The molecule has 0 saturated heterocycles. The summed E-state index contributed by atoms with van der Waals surface area (Å²) in [5.41, 5.74) is 6.40. The van der Waals surface area contributed by atoms with Gasteiger partial charge < -0.3 is 10.1 Å². The molecule has 2 aromatic rings. The molecule has 0 spiro atoms.